The minimum Gasteiger partial charge on any atom is -0.481 e. The number of methoxy groups -OCH3 is 1. The molecule has 0 bridgehead atoms. The monoisotopic (exact) mass is 357 g/mol. The van der Waals surface area contributed by atoms with Gasteiger partial charge in [0, 0.05) is 75.8 Å². The number of aromatic nitrogens is 3. The van der Waals surface area contributed by atoms with Gasteiger partial charge in [0.25, 0.3) is 0 Å². The Morgan fingerprint density at radius 2 is 2.12 bits per heavy atom. The van der Waals surface area contributed by atoms with Crippen molar-refractivity contribution in [3.8, 4) is 5.88 Å². The molecule has 4 rings (SSSR count). The molecule has 7 nitrogen and oxygen atoms in total. The smallest absolute Gasteiger partial charge is 0.217 e. The van der Waals surface area contributed by atoms with E-state index in [1.165, 1.54) is 5.56 Å². The average molecular weight is 357 g/mol. The molecule has 0 spiro atoms. The van der Waals surface area contributed by atoms with Crippen LogP contribution in [-0.2, 0) is 24.9 Å². The third-order valence-electron chi connectivity index (χ3n) is 5.29. The molecular weight excluding hydrogens is 330 g/mol. The fraction of sp³-hybridized carbons (Fsp3) is 0.579. The predicted molar refractivity (Wildman–Crippen MR) is 97.8 cm³/mol. The molecule has 7 heteroatoms. The highest BCUT2D eigenvalue weighted by Gasteiger charge is 2.36. The van der Waals surface area contributed by atoms with E-state index >= 15 is 0 Å². The molecule has 26 heavy (non-hydrogen) atoms. The van der Waals surface area contributed by atoms with Crippen LogP contribution in [-0.4, -0.2) is 70.6 Å². The van der Waals surface area contributed by atoms with Crippen LogP contribution in [0.2, 0.25) is 0 Å². The highest BCUT2D eigenvalue weighted by atomic mass is 16.5. The summed E-state index contributed by atoms with van der Waals surface area (Å²) in [7, 11) is 3.64. The largest absolute Gasteiger partial charge is 0.481 e. The standard InChI is InChI=1S/C19H27N5O2/c1-22-9-15(8-21-22)10-23-6-7-26-18-14-24(13-17(18)12-23)11-16-4-3-5-20-19(16)25-2/h3-5,8-9,17-18H,6-7,10-14H2,1-2H3/t17-,18+/m1/s1. The van der Waals surface area contributed by atoms with Gasteiger partial charge in [-0.05, 0) is 6.07 Å². The van der Waals surface area contributed by atoms with E-state index in [4.69, 9.17) is 9.47 Å². The topological polar surface area (TPSA) is 55.7 Å². The Morgan fingerprint density at radius 1 is 1.23 bits per heavy atom. The van der Waals surface area contributed by atoms with Crippen LogP contribution in [0.25, 0.3) is 0 Å². The van der Waals surface area contributed by atoms with E-state index in [-0.39, 0.29) is 0 Å². The Labute approximate surface area is 154 Å². The first-order valence-electron chi connectivity index (χ1n) is 9.23. The lowest BCUT2D eigenvalue weighted by atomic mass is 10.1. The molecule has 2 fully saturated rings. The van der Waals surface area contributed by atoms with Gasteiger partial charge in [0.05, 0.1) is 26.0 Å². The van der Waals surface area contributed by atoms with Gasteiger partial charge < -0.3 is 9.47 Å². The number of aryl methyl sites for hydroxylation is 1. The van der Waals surface area contributed by atoms with Crippen molar-refractivity contribution in [1.29, 1.82) is 0 Å². The van der Waals surface area contributed by atoms with Crippen LogP contribution >= 0.6 is 0 Å². The van der Waals surface area contributed by atoms with E-state index in [0.717, 1.165) is 57.3 Å². The van der Waals surface area contributed by atoms with Crippen LogP contribution in [0.4, 0.5) is 0 Å². The fourth-order valence-corrected chi connectivity index (χ4v) is 4.10. The first kappa shape index (κ1) is 17.5. The summed E-state index contributed by atoms with van der Waals surface area (Å²) in [4.78, 5) is 9.27. The zero-order valence-corrected chi connectivity index (χ0v) is 15.5. The van der Waals surface area contributed by atoms with Crippen LogP contribution in [0.15, 0.2) is 30.7 Å². The van der Waals surface area contributed by atoms with Crippen molar-refractivity contribution in [2.75, 3.05) is 39.9 Å². The first-order chi connectivity index (χ1) is 12.7. The normalized spacial score (nSPS) is 24.4. The van der Waals surface area contributed by atoms with Gasteiger partial charge >= 0.3 is 0 Å². The summed E-state index contributed by atoms with van der Waals surface area (Å²) in [6, 6.07) is 4.06. The van der Waals surface area contributed by atoms with Crippen LogP contribution in [0.1, 0.15) is 11.1 Å². The molecule has 0 N–H and O–H groups in total. The van der Waals surface area contributed by atoms with Crippen LogP contribution in [0, 0.1) is 5.92 Å². The molecule has 0 aromatic carbocycles. The Bertz CT molecular complexity index is 734. The molecule has 0 aliphatic carbocycles. The summed E-state index contributed by atoms with van der Waals surface area (Å²) < 4.78 is 13.4. The molecule has 0 amide bonds. The molecule has 0 unspecified atom stereocenters. The molecule has 2 aromatic heterocycles. The number of fused-ring (bicyclic) bond motifs is 1. The summed E-state index contributed by atoms with van der Waals surface area (Å²) in [6.45, 7) is 6.67. The number of pyridine rings is 1. The maximum Gasteiger partial charge on any atom is 0.217 e. The zero-order chi connectivity index (χ0) is 17.9. The summed E-state index contributed by atoms with van der Waals surface area (Å²) >= 11 is 0. The van der Waals surface area contributed by atoms with Gasteiger partial charge in [0.2, 0.25) is 5.88 Å². The second-order valence-electron chi connectivity index (χ2n) is 7.29. The molecule has 2 aliphatic rings. The van der Waals surface area contributed by atoms with Crippen molar-refractivity contribution in [3.05, 3.63) is 41.9 Å². The SMILES string of the molecule is COc1ncccc1CN1C[C@H]2CN(Cc3cnn(C)c3)CCO[C@H]2C1. The van der Waals surface area contributed by atoms with Crippen molar-refractivity contribution in [2.24, 2.45) is 13.0 Å². The van der Waals surface area contributed by atoms with Gasteiger partial charge in [-0.3, -0.25) is 14.5 Å². The number of likely N-dealkylation sites (tertiary alicyclic amines) is 1. The summed E-state index contributed by atoms with van der Waals surface area (Å²) in [5.74, 6) is 1.26. The van der Waals surface area contributed by atoms with Crippen molar-refractivity contribution < 1.29 is 9.47 Å². The van der Waals surface area contributed by atoms with E-state index in [1.807, 2.05) is 24.0 Å². The number of hydrogen-bond donors (Lipinski definition) is 0. The summed E-state index contributed by atoms with van der Waals surface area (Å²) in [5.41, 5.74) is 2.40. The van der Waals surface area contributed by atoms with Gasteiger partial charge in [0.15, 0.2) is 0 Å². The lowest BCUT2D eigenvalue weighted by molar-refractivity contribution is 0.0510. The third-order valence-corrected chi connectivity index (χ3v) is 5.29. The molecule has 0 saturated carbocycles. The highest BCUT2D eigenvalue weighted by molar-refractivity contribution is 5.25. The minimum atomic E-state index is 0.316. The van der Waals surface area contributed by atoms with Crippen molar-refractivity contribution in [1.82, 2.24) is 24.6 Å². The molecule has 140 valence electrons. The Kier molecular flexibility index (Phi) is 5.19. The third kappa shape index (κ3) is 3.90. The minimum absolute atomic E-state index is 0.316. The molecule has 2 aromatic rings. The molecule has 0 radical (unpaired) electrons. The Hall–Kier alpha value is -1.96. The maximum absolute atomic E-state index is 6.17. The van der Waals surface area contributed by atoms with Crippen LogP contribution in [0.5, 0.6) is 5.88 Å². The van der Waals surface area contributed by atoms with Crippen LogP contribution in [0.3, 0.4) is 0 Å². The Morgan fingerprint density at radius 3 is 2.92 bits per heavy atom. The number of hydrogen-bond acceptors (Lipinski definition) is 6. The van der Waals surface area contributed by atoms with E-state index in [1.54, 1.807) is 13.3 Å². The fourth-order valence-electron chi connectivity index (χ4n) is 4.10. The number of ether oxygens (including phenoxy) is 2. The average Bonchev–Trinajstić information content (AvgIpc) is 3.16. The predicted octanol–water partition coefficient (Wildman–Crippen LogP) is 1.16. The second-order valence-corrected chi connectivity index (χ2v) is 7.29. The van der Waals surface area contributed by atoms with E-state index < -0.39 is 0 Å². The zero-order valence-electron chi connectivity index (χ0n) is 15.5. The van der Waals surface area contributed by atoms with Crippen molar-refractivity contribution in [2.45, 2.75) is 19.2 Å². The summed E-state index contributed by atoms with van der Waals surface area (Å²) in [5, 5.41) is 4.28. The molecule has 2 aliphatic heterocycles. The van der Waals surface area contributed by atoms with Gasteiger partial charge in [-0.25, -0.2) is 4.98 Å². The van der Waals surface area contributed by atoms with E-state index in [0.29, 0.717) is 12.0 Å². The molecular formula is C19H27N5O2. The summed E-state index contributed by atoms with van der Waals surface area (Å²) in [6.07, 6.45) is 6.14. The number of rotatable bonds is 5. The second kappa shape index (κ2) is 7.73. The Balaban J connectivity index is 1.38. The highest BCUT2D eigenvalue weighted by Crippen LogP contribution is 2.27. The first-order valence-corrected chi connectivity index (χ1v) is 9.23. The van der Waals surface area contributed by atoms with Gasteiger partial charge in [0.1, 0.15) is 0 Å². The maximum atomic E-state index is 6.17. The van der Waals surface area contributed by atoms with Gasteiger partial charge in [-0.15, -0.1) is 0 Å². The molecule has 4 heterocycles. The number of nitrogens with zero attached hydrogens (tertiary/aromatic N) is 5. The lowest BCUT2D eigenvalue weighted by Gasteiger charge is -2.23. The van der Waals surface area contributed by atoms with E-state index in [2.05, 4.69) is 32.1 Å². The lowest BCUT2D eigenvalue weighted by Crippen LogP contribution is -2.32. The van der Waals surface area contributed by atoms with Crippen LogP contribution < -0.4 is 4.74 Å². The quantitative estimate of drug-likeness (QED) is 0.800. The van der Waals surface area contributed by atoms with Gasteiger partial charge in [-0.1, -0.05) is 6.07 Å². The molecule has 2 atom stereocenters. The molecule has 2 saturated heterocycles. The van der Waals surface area contributed by atoms with Crippen molar-refractivity contribution >= 4 is 0 Å². The van der Waals surface area contributed by atoms with Gasteiger partial charge in [-0.2, -0.15) is 5.10 Å². The van der Waals surface area contributed by atoms with E-state index in [9.17, 15) is 0 Å². The van der Waals surface area contributed by atoms with Crippen molar-refractivity contribution in [3.63, 3.8) is 0 Å².